The van der Waals surface area contributed by atoms with Gasteiger partial charge in [0.05, 0.1) is 5.69 Å². The fourth-order valence-electron chi connectivity index (χ4n) is 1.76. The first-order valence-electron chi connectivity index (χ1n) is 5.92. The van der Waals surface area contributed by atoms with Crippen LogP contribution >= 0.6 is 12.2 Å². The molecule has 1 aromatic heterocycles. The number of carbonyl (C=O) groups is 1. The molecule has 4 nitrogen and oxygen atoms in total. The molecular formula is C14H14N2O2S. The Hall–Kier alpha value is -2.01. The summed E-state index contributed by atoms with van der Waals surface area (Å²) in [5, 5.41) is 8.99. The first kappa shape index (κ1) is 13.4. The van der Waals surface area contributed by atoms with Gasteiger partial charge < -0.3 is 10.1 Å². The van der Waals surface area contributed by atoms with E-state index < -0.39 is 5.97 Å². The summed E-state index contributed by atoms with van der Waals surface area (Å²) in [6.07, 6.45) is 0. The summed E-state index contributed by atoms with van der Waals surface area (Å²) in [5.41, 5.74) is 2.69. The van der Waals surface area contributed by atoms with Crippen molar-refractivity contribution in [2.24, 2.45) is 0 Å². The molecule has 98 valence electrons. The Bertz CT molecular complexity index is 660. The summed E-state index contributed by atoms with van der Waals surface area (Å²) in [6.45, 7) is 4.24. The highest BCUT2D eigenvalue weighted by atomic mass is 32.1. The maximum absolute atomic E-state index is 11.0. The molecule has 2 aromatic rings. The number of hydrogen-bond acceptors (Lipinski definition) is 3. The van der Waals surface area contributed by atoms with Gasteiger partial charge in [0.2, 0.25) is 0 Å². The SMILES string of the molecule is CC(C)c1ccc(-c2cc(C(=O)O)[nH]c(=S)n2)cc1. The smallest absolute Gasteiger partial charge is 0.352 e. The zero-order chi connectivity index (χ0) is 14.0. The molecule has 1 aromatic carbocycles. The van der Waals surface area contributed by atoms with Gasteiger partial charge in [-0.05, 0) is 29.8 Å². The molecule has 5 heteroatoms. The Morgan fingerprint density at radius 2 is 1.95 bits per heavy atom. The fourth-order valence-corrected chi connectivity index (χ4v) is 1.97. The van der Waals surface area contributed by atoms with Gasteiger partial charge in [-0.1, -0.05) is 38.1 Å². The van der Waals surface area contributed by atoms with Gasteiger partial charge in [0, 0.05) is 5.56 Å². The zero-order valence-electron chi connectivity index (χ0n) is 10.7. The van der Waals surface area contributed by atoms with Crippen molar-refractivity contribution in [2.75, 3.05) is 0 Å². The molecule has 0 aliphatic rings. The van der Waals surface area contributed by atoms with E-state index in [9.17, 15) is 4.79 Å². The Morgan fingerprint density at radius 3 is 2.47 bits per heavy atom. The number of aromatic amines is 1. The van der Waals surface area contributed by atoms with E-state index in [0.717, 1.165) is 5.56 Å². The zero-order valence-corrected chi connectivity index (χ0v) is 11.5. The molecule has 0 saturated heterocycles. The van der Waals surface area contributed by atoms with E-state index in [1.807, 2.05) is 24.3 Å². The molecule has 0 spiro atoms. The molecule has 0 unspecified atom stereocenters. The summed E-state index contributed by atoms with van der Waals surface area (Å²) in [6, 6.07) is 9.38. The summed E-state index contributed by atoms with van der Waals surface area (Å²) < 4.78 is 0.169. The van der Waals surface area contributed by atoms with Gasteiger partial charge >= 0.3 is 5.97 Å². The van der Waals surface area contributed by atoms with E-state index in [2.05, 4.69) is 23.8 Å². The van der Waals surface area contributed by atoms with Crippen molar-refractivity contribution in [3.8, 4) is 11.3 Å². The average molecular weight is 274 g/mol. The minimum absolute atomic E-state index is 0.0444. The van der Waals surface area contributed by atoms with Crippen LogP contribution in [0.25, 0.3) is 11.3 Å². The van der Waals surface area contributed by atoms with Gasteiger partial charge in [-0.3, -0.25) is 0 Å². The van der Waals surface area contributed by atoms with E-state index in [0.29, 0.717) is 11.6 Å². The van der Waals surface area contributed by atoms with E-state index in [1.165, 1.54) is 11.6 Å². The Balaban J connectivity index is 2.46. The molecule has 0 fully saturated rings. The standard InChI is InChI=1S/C14H14N2O2S/c1-8(2)9-3-5-10(6-4-9)11-7-12(13(17)18)16-14(19)15-11/h3-8H,1-2H3,(H,17,18)(H,15,16,19). The second-order valence-corrected chi connectivity index (χ2v) is 4.95. The van der Waals surface area contributed by atoms with Crippen LogP contribution < -0.4 is 0 Å². The molecule has 0 aliphatic heterocycles. The first-order valence-corrected chi connectivity index (χ1v) is 6.33. The number of aromatic nitrogens is 2. The van der Waals surface area contributed by atoms with Crippen molar-refractivity contribution in [1.82, 2.24) is 9.97 Å². The molecule has 1 heterocycles. The maximum atomic E-state index is 11.0. The number of hydrogen-bond donors (Lipinski definition) is 2. The highest BCUT2D eigenvalue weighted by Gasteiger charge is 2.08. The summed E-state index contributed by atoms with van der Waals surface area (Å²) >= 11 is 4.94. The molecule has 2 N–H and O–H groups in total. The number of carboxylic acids is 1. The number of aromatic carboxylic acids is 1. The number of benzene rings is 1. The number of H-pyrrole nitrogens is 1. The molecule has 0 bridgehead atoms. The van der Waals surface area contributed by atoms with Crippen LogP contribution in [0.3, 0.4) is 0 Å². The van der Waals surface area contributed by atoms with Gasteiger partial charge in [0.15, 0.2) is 4.77 Å². The van der Waals surface area contributed by atoms with E-state index >= 15 is 0 Å². The maximum Gasteiger partial charge on any atom is 0.352 e. The van der Waals surface area contributed by atoms with Gasteiger partial charge in [0.25, 0.3) is 0 Å². The molecule has 0 atom stereocenters. The summed E-state index contributed by atoms with van der Waals surface area (Å²) in [4.78, 5) is 17.7. The Labute approximate surface area is 116 Å². The Morgan fingerprint density at radius 1 is 1.32 bits per heavy atom. The minimum atomic E-state index is -1.05. The second kappa shape index (κ2) is 5.32. The van der Waals surface area contributed by atoms with Crippen LogP contribution in [0.15, 0.2) is 30.3 Å². The van der Waals surface area contributed by atoms with Gasteiger partial charge in [-0.2, -0.15) is 0 Å². The van der Waals surface area contributed by atoms with Gasteiger partial charge in [0.1, 0.15) is 5.69 Å². The highest BCUT2D eigenvalue weighted by molar-refractivity contribution is 7.71. The van der Waals surface area contributed by atoms with Crippen molar-refractivity contribution in [3.63, 3.8) is 0 Å². The van der Waals surface area contributed by atoms with Crippen molar-refractivity contribution in [3.05, 3.63) is 46.4 Å². The lowest BCUT2D eigenvalue weighted by Gasteiger charge is -2.07. The van der Waals surface area contributed by atoms with Crippen molar-refractivity contribution >= 4 is 18.2 Å². The monoisotopic (exact) mass is 274 g/mol. The lowest BCUT2D eigenvalue weighted by atomic mass is 10.0. The molecule has 0 amide bonds. The first-order chi connectivity index (χ1) is 8.97. The van der Waals surface area contributed by atoms with Crippen molar-refractivity contribution in [1.29, 1.82) is 0 Å². The number of rotatable bonds is 3. The molecule has 0 saturated carbocycles. The summed E-state index contributed by atoms with van der Waals surface area (Å²) in [7, 11) is 0. The molecule has 19 heavy (non-hydrogen) atoms. The molecule has 0 aliphatic carbocycles. The molecule has 2 rings (SSSR count). The molecular weight excluding hydrogens is 260 g/mol. The number of nitrogens with one attached hydrogen (secondary N) is 1. The normalized spacial score (nSPS) is 10.7. The van der Waals surface area contributed by atoms with Crippen molar-refractivity contribution in [2.45, 2.75) is 19.8 Å². The quantitative estimate of drug-likeness (QED) is 0.839. The van der Waals surface area contributed by atoms with Gasteiger partial charge in [-0.25, -0.2) is 9.78 Å². The highest BCUT2D eigenvalue weighted by Crippen LogP contribution is 2.21. The van der Waals surface area contributed by atoms with E-state index in [1.54, 1.807) is 0 Å². The number of carboxylic acid groups (broad SMARTS) is 1. The lowest BCUT2D eigenvalue weighted by molar-refractivity contribution is 0.0690. The van der Waals surface area contributed by atoms with Crippen LogP contribution in [-0.4, -0.2) is 21.0 Å². The van der Waals surface area contributed by atoms with Crippen LogP contribution in [0.5, 0.6) is 0 Å². The van der Waals surface area contributed by atoms with Crippen LogP contribution in [0.4, 0.5) is 0 Å². The van der Waals surface area contributed by atoms with E-state index in [4.69, 9.17) is 17.3 Å². The van der Waals surface area contributed by atoms with Gasteiger partial charge in [-0.15, -0.1) is 0 Å². The fraction of sp³-hybridized carbons (Fsp3) is 0.214. The number of nitrogens with zero attached hydrogens (tertiary/aromatic N) is 1. The van der Waals surface area contributed by atoms with Crippen LogP contribution in [0, 0.1) is 4.77 Å². The lowest BCUT2D eigenvalue weighted by Crippen LogP contribution is -2.02. The summed E-state index contributed by atoms with van der Waals surface area (Å²) in [5.74, 6) is -0.594. The topological polar surface area (TPSA) is 66.0 Å². The van der Waals surface area contributed by atoms with Crippen LogP contribution in [-0.2, 0) is 0 Å². The van der Waals surface area contributed by atoms with Crippen molar-refractivity contribution < 1.29 is 9.90 Å². The third-order valence-electron chi connectivity index (χ3n) is 2.85. The third kappa shape index (κ3) is 3.06. The minimum Gasteiger partial charge on any atom is -0.477 e. The third-order valence-corrected chi connectivity index (χ3v) is 3.04. The van der Waals surface area contributed by atoms with Crippen LogP contribution in [0.2, 0.25) is 0 Å². The largest absolute Gasteiger partial charge is 0.477 e. The second-order valence-electron chi connectivity index (χ2n) is 4.57. The van der Waals surface area contributed by atoms with E-state index in [-0.39, 0.29) is 10.5 Å². The Kier molecular flexibility index (Phi) is 3.76. The predicted molar refractivity (Wildman–Crippen MR) is 75.9 cm³/mol. The van der Waals surface area contributed by atoms with Crippen LogP contribution in [0.1, 0.15) is 35.8 Å². The predicted octanol–water partition coefficient (Wildman–Crippen LogP) is 3.63. The average Bonchev–Trinajstić information content (AvgIpc) is 2.38. The molecule has 0 radical (unpaired) electrons.